The minimum atomic E-state index is 0.334. The molecule has 1 aliphatic heterocycles. The third-order valence-corrected chi connectivity index (χ3v) is 2.23. The molecule has 70 valence electrons. The van der Waals surface area contributed by atoms with E-state index in [4.69, 9.17) is 11.5 Å². The maximum absolute atomic E-state index is 5.57. The van der Waals surface area contributed by atoms with Crippen LogP contribution in [0.25, 0.3) is 0 Å². The fraction of sp³-hybridized carbons (Fsp3) is 0.500. The van der Waals surface area contributed by atoms with Gasteiger partial charge in [0.25, 0.3) is 0 Å². The summed E-state index contributed by atoms with van der Waals surface area (Å²) < 4.78 is 0. The van der Waals surface area contributed by atoms with Crippen molar-refractivity contribution in [2.45, 2.75) is 19.5 Å². The molecule has 0 bridgehead atoms. The molecule has 0 saturated heterocycles. The summed E-state index contributed by atoms with van der Waals surface area (Å²) in [4.78, 5) is 8.30. The Bertz CT molecular complexity index is 305. The SMILES string of the molecule is NCc1nc(N)nc2c1CNCC2. The first-order chi connectivity index (χ1) is 6.31. The first kappa shape index (κ1) is 8.40. The van der Waals surface area contributed by atoms with Gasteiger partial charge in [0, 0.05) is 31.6 Å². The highest BCUT2D eigenvalue weighted by atomic mass is 15.0. The molecule has 2 heterocycles. The van der Waals surface area contributed by atoms with Crippen LogP contribution in [0, 0.1) is 0 Å². The second-order valence-electron chi connectivity index (χ2n) is 3.08. The Labute approximate surface area is 76.6 Å². The van der Waals surface area contributed by atoms with Crippen molar-refractivity contribution in [1.82, 2.24) is 15.3 Å². The Balaban J connectivity index is 2.50. The Morgan fingerprint density at radius 3 is 3.00 bits per heavy atom. The number of nitrogen functional groups attached to an aromatic ring is 1. The van der Waals surface area contributed by atoms with Crippen LogP contribution in [0.5, 0.6) is 0 Å². The lowest BCUT2D eigenvalue weighted by molar-refractivity contribution is 0.618. The number of hydrogen-bond acceptors (Lipinski definition) is 5. The predicted molar refractivity (Wildman–Crippen MR) is 49.7 cm³/mol. The summed E-state index contributed by atoms with van der Waals surface area (Å²) in [5.74, 6) is 0.334. The molecule has 1 aromatic heterocycles. The van der Waals surface area contributed by atoms with Crippen LogP contribution in [0.3, 0.4) is 0 Å². The Morgan fingerprint density at radius 1 is 1.38 bits per heavy atom. The molecule has 0 unspecified atom stereocenters. The summed E-state index contributed by atoms with van der Waals surface area (Å²) in [7, 11) is 0. The highest BCUT2D eigenvalue weighted by Gasteiger charge is 2.15. The third-order valence-electron chi connectivity index (χ3n) is 2.23. The molecule has 5 N–H and O–H groups in total. The normalized spacial score (nSPS) is 15.5. The van der Waals surface area contributed by atoms with Crippen molar-refractivity contribution in [2.24, 2.45) is 5.73 Å². The molecule has 2 rings (SSSR count). The van der Waals surface area contributed by atoms with Gasteiger partial charge < -0.3 is 16.8 Å². The van der Waals surface area contributed by atoms with Crippen LogP contribution in [0.1, 0.15) is 17.0 Å². The molecule has 1 aliphatic rings. The van der Waals surface area contributed by atoms with Gasteiger partial charge in [-0.25, -0.2) is 9.97 Å². The lowest BCUT2D eigenvalue weighted by Crippen LogP contribution is -2.27. The molecule has 1 aromatic rings. The molecular formula is C8H13N5. The molecular weight excluding hydrogens is 166 g/mol. The second-order valence-corrected chi connectivity index (χ2v) is 3.08. The van der Waals surface area contributed by atoms with E-state index in [0.29, 0.717) is 12.5 Å². The zero-order valence-electron chi connectivity index (χ0n) is 7.38. The van der Waals surface area contributed by atoms with Crippen LogP contribution < -0.4 is 16.8 Å². The first-order valence-corrected chi connectivity index (χ1v) is 4.36. The monoisotopic (exact) mass is 179 g/mol. The van der Waals surface area contributed by atoms with Crippen LogP contribution in [-0.4, -0.2) is 16.5 Å². The topological polar surface area (TPSA) is 89.8 Å². The van der Waals surface area contributed by atoms with Gasteiger partial charge in [-0.15, -0.1) is 0 Å². The van der Waals surface area contributed by atoms with Crippen LogP contribution in [0.15, 0.2) is 0 Å². The standard InChI is InChI=1S/C8H13N5/c9-3-7-5-4-11-2-1-6(5)12-8(10)13-7/h11H,1-4,9H2,(H2,10,12,13). The van der Waals surface area contributed by atoms with E-state index in [9.17, 15) is 0 Å². The average Bonchev–Trinajstić information content (AvgIpc) is 2.16. The van der Waals surface area contributed by atoms with Crippen LogP contribution in [0.2, 0.25) is 0 Å². The van der Waals surface area contributed by atoms with Gasteiger partial charge in [0.1, 0.15) is 0 Å². The maximum atomic E-state index is 5.57. The minimum Gasteiger partial charge on any atom is -0.368 e. The summed E-state index contributed by atoms with van der Waals surface area (Å²) in [5, 5.41) is 3.26. The van der Waals surface area contributed by atoms with Crippen LogP contribution in [0.4, 0.5) is 5.95 Å². The molecule has 0 spiro atoms. The van der Waals surface area contributed by atoms with E-state index in [1.165, 1.54) is 0 Å². The Morgan fingerprint density at radius 2 is 2.23 bits per heavy atom. The van der Waals surface area contributed by atoms with Crippen molar-refractivity contribution in [2.75, 3.05) is 12.3 Å². The number of nitrogens with one attached hydrogen (secondary N) is 1. The van der Waals surface area contributed by atoms with E-state index in [1.807, 2.05) is 0 Å². The lowest BCUT2D eigenvalue weighted by atomic mass is 10.1. The smallest absolute Gasteiger partial charge is 0.220 e. The van der Waals surface area contributed by atoms with Gasteiger partial charge in [-0.2, -0.15) is 0 Å². The number of nitrogens with zero attached hydrogens (tertiary/aromatic N) is 2. The largest absolute Gasteiger partial charge is 0.368 e. The zero-order valence-corrected chi connectivity index (χ0v) is 7.38. The second kappa shape index (κ2) is 3.27. The predicted octanol–water partition coefficient (Wildman–Crippen LogP) is -0.837. The molecule has 5 nitrogen and oxygen atoms in total. The van der Waals surface area contributed by atoms with Gasteiger partial charge >= 0.3 is 0 Å². The number of rotatable bonds is 1. The molecule has 0 amide bonds. The van der Waals surface area contributed by atoms with Crippen LogP contribution in [-0.2, 0) is 19.5 Å². The van der Waals surface area contributed by atoms with Gasteiger partial charge in [0.2, 0.25) is 5.95 Å². The number of hydrogen-bond donors (Lipinski definition) is 3. The number of aromatic nitrogens is 2. The molecule has 5 heteroatoms. The number of nitrogens with two attached hydrogens (primary N) is 2. The Hall–Kier alpha value is -1.20. The fourth-order valence-electron chi connectivity index (χ4n) is 1.60. The van der Waals surface area contributed by atoms with Gasteiger partial charge in [0.05, 0.1) is 11.4 Å². The van der Waals surface area contributed by atoms with E-state index in [1.54, 1.807) is 0 Å². The summed E-state index contributed by atoms with van der Waals surface area (Å²) in [6, 6.07) is 0. The quantitative estimate of drug-likeness (QED) is 0.523. The third kappa shape index (κ3) is 1.48. The van der Waals surface area contributed by atoms with E-state index < -0.39 is 0 Å². The van der Waals surface area contributed by atoms with Crippen molar-refractivity contribution >= 4 is 5.95 Å². The van der Waals surface area contributed by atoms with Crippen molar-refractivity contribution in [3.05, 3.63) is 17.0 Å². The number of anilines is 1. The number of fused-ring (bicyclic) bond motifs is 1. The summed E-state index contributed by atoms with van der Waals surface area (Å²) in [6.07, 6.45) is 0.912. The molecule has 0 atom stereocenters. The first-order valence-electron chi connectivity index (χ1n) is 4.36. The van der Waals surface area contributed by atoms with E-state index in [2.05, 4.69) is 15.3 Å². The molecule has 0 fully saturated rings. The summed E-state index contributed by atoms with van der Waals surface area (Å²) in [5.41, 5.74) is 14.2. The Kier molecular flexibility index (Phi) is 2.12. The van der Waals surface area contributed by atoms with E-state index in [-0.39, 0.29) is 0 Å². The summed E-state index contributed by atoms with van der Waals surface area (Å²) in [6.45, 7) is 2.19. The van der Waals surface area contributed by atoms with E-state index in [0.717, 1.165) is 36.5 Å². The molecule has 0 saturated carbocycles. The summed E-state index contributed by atoms with van der Waals surface area (Å²) >= 11 is 0. The average molecular weight is 179 g/mol. The minimum absolute atomic E-state index is 0.334. The van der Waals surface area contributed by atoms with Gasteiger partial charge in [0.15, 0.2) is 0 Å². The maximum Gasteiger partial charge on any atom is 0.220 e. The zero-order chi connectivity index (χ0) is 9.26. The van der Waals surface area contributed by atoms with E-state index >= 15 is 0 Å². The van der Waals surface area contributed by atoms with Gasteiger partial charge in [-0.05, 0) is 0 Å². The molecule has 0 aromatic carbocycles. The highest BCUT2D eigenvalue weighted by molar-refractivity contribution is 5.33. The molecule has 13 heavy (non-hydrogen) atoms. The fourth-order valence-corrected chi connectivity index (χ4v) is 1.60. The van der Waals surface area contributed by atoms with Crippen molar-refractivity contribution in [3.63, 3.8) is 0 Å². The van der Waals surface area contributed by atoms with Crippen LogP contribution >= 0.6 is 0 Å². The van der Waals surface area contributed by atoms with Gasteiger partial charge in [-0.1, -0.05) is 0 Å². The molecule has 0 aliphatic carbocycles. The van der Waals surface area contributed by atoms with Crippen molar-refractivity contribution < 1.29 is 0 Å². The highest BCUT2D eigenvalue weighted by Crippen LogP contribution is 2.15. The lowest BCUT2D eigenvalue weighted by Gasteiger charge is -2.18. The van der Waals surface area contributed by atoms with Crippen molar-refractivity contribution in [3.8, 4) is 0 Å². The van der Waals surface area contributed by atoms with Gasteiger partial charge in [-0.3, -0.25) is 0 Å². The molecule has 0 radical (unpaired) electrons. The van der Waals surface area contributed by atoms with Crippen molar-refractivity contribution in [1.29, 1.82) is 0 Å².